The Morgan fingerprint density at radius 3 is 2.76 bits per heavy atom. The summed E-state index contributed by atoms with van der Waals surface area (Å²) < 4.78 is 0. The maximum atomic E-state index is 12.7. The van der Waals surface area contributed by atoms with E-state index in [1.165, 1.54) is 29.7 Å². The van der Waals surface area contributed by atoms with Gasteiger partial charge in [0.1, 0.15) is 5.54 Å². The van der Waals surface area contributed by atoms with E-state index in [1.54, 1.807) is 23.2 Å². The van der Waals surface area contributed by atoms with Gasteiger partial charge < -0.3 is 10.0 Å². The van der Waals surface area contributed by atoms with Gasteiger partial charge in [-0.1, -0.05) is 6.42 Å². The molecule has 1 aromatic heterocycles. The minimum absolute atomic E-state index is 0.101. The molecule has 3 rings (SSSR count). The summed E-state index contributed by atoms with van der Waals surface area (Å²) in [6.45, 7) is 2.21. The summed E-state index contributed by atoms with van der Waals surface area (Å²) in [5.41, 5.74) is 0.260. The van der Waals surface area contributed by atoms with Crippen LogP contribution in [0.25, 0.3) is 0 Å². The number of aliphatic carboxylic acids is 1. The van der Waals surface area contributed by atoms with Gasteiger partial charge >= 0.3 is 5.97 Å². The molecule has 2 heterocycles. The second kappa shape index (κ2) is 5.44. The highest BCUT2D eigenvalue weighted by molar-refractivity contribution is 7.14. The Morgan fingerprint density at radius 1 is 1.24 bits per heavy atom. The lowest BCUT2D eigenvalue weighted by atomic mass is 9.99. The number of nitrogens with zero attached hydrogens (tertiary/aromatic N) is 1. The molecule has 1 fully saturated rings. The van der Waals surface area contributed by atoms with Crippen molar-refractivity contribution in [3.05, 3.63) is 21.4 Å². The van der Waals surface area contributed by atoms with Crippen LogP contribution >= 0.6 is 11.3 Å². The topological polar surface area (TPSA) is 57.6 Å². The van der Waals surface area contributed by atoms with Gasteiger partial charge in [0.2, 0.25) is 0 Å². The number of hydrogen-bond acceptors (Lipinski definition) is 3. The molecule has 0 aromatic carbocycles. The average Bonchev–Trinajstić information content (AvgIpc) is 2.97. The van der Waals surface area contributed by atoms with Crippen LogP contribution in [0.3, 0.4) is 0 Å². The molecule has 1 N–H and O–H groups in total. The minimum atomic E-state index is -1.04. The van der Waals surface area contributed by atoms with Gasteiger partial charge in [0, 0.05) is 11.4 Å². The first-order valence-electron chi connectivity index (χ1n) is 7.69. The van der Waals surface area contributed by atoms with Gasteiger partial charge in [-0.2, -0.15) is 0 Å². The molecule has 1 aromatic rings. The zero-order valence-electron chi connectivity index (χ0n) is 12.4. The molecular formula is C16H21NO3S. The SMILES string of the molecule is CC1(C(=O)O)CCCN1C(=O)c1cc2c(s1)CCCCC2. The van der Waals surface area contributed by atoms with Crippen molar-refractivity contribution in [2.24, 2.45) is 0 Å². The number of rotatable bonds is 2. The predicted molar refractivity (Wildman–Crippen MR) is 81.9 cm³/mol. The Labute approximate surface area is 128 Å². The van der Waals surface area contributed by atoms with Gasteiger partial charge in [-0.3, -0.25) is 4.79 Å². The van der Waals surface area contributed by atoms with Crippen molar-refractivity contribution in [2.75, 3.05) is 6.54 Å². The molecule has 1 aliphatic carbocycles. The van der Waals surface area contributed by atoms with E-state index in [-0.39, 0.29) is 5.91 Å². The third-order valence-electron chi connectivity index (χ3n) is 4.80. The Balaban J connectivity index is 1.87. The summed E-state index contributed by atoms with van der Waals surface area (Å²) in [4.78, 5) is 27.9. The lowest BCUT2D eigenvalue weighted by molar-refractivity contribution is -0.147. The summed E-state index contributed by atoms with van der Waals surface area (Å²) in [5.74, 6) is -0.998. The van der Waals surface area contributed by atoms with Crippen LogP contribution in [-0.2, 0) is 17.6 Å². The minimum Gasteiger partial charge on any atom is -0.480 e. The highest BCUT2D eigenvalue weighted by Crippen LogP contribution is 2.34. The predicted octanol–water partition coefficient (Wildman–Crippen LogP) is 3.10. The summed E-state index contributed by atoms with van der Waals surface area (Å²) in [6, 6.07) is 2.01. The number of amides is 1. The van der Waals surface area contributed by atoms with Crippen LogP contribution in [0.1, 0.15) is 59.1 Å². The first-order valence-corrected chi connectivity index (χ1v) is 8.51. The number of thiophene rings is 1. The van der Waals surface area contributed by atoms with Crippen molar-refractivity contribution in [1.29, 1.82) is 0 Å². The molecule has 0 saturated carbocycles. The van der Waals surface area contributed by atoms with Gasteiger partial charge in [-0.05, 0) is 57.1 Å². The molecule has 0 spiro atoms. The second-order valence-electron chi connectivity index (χ2n) is 6.26. The zero-order chi connectivity index (χ0) is 15.0. The van der Waals surface area contributed by atoms with Crippen molar-refractivity contribution in [2.45, 2.75) is 57.4 Å². The van der Waals surface area contributed by atoms with Gasteiger partial charge in [0.05, 0.1) is 4.88 Å². The fraction of sp³-hybridized carbons (Fsp3) is 0.625. The molecule has 1 amide bonds. The van der Waals surface area contributed by atoms with E-state index in [0.29, 0.717) is 13.0 Å². The molecule has 1 unspecified atom stereocenters. The summed E-state index contributed by atoms with van der Waals surface area (Å²) in [6.07, 6.45) is 7.05. The molecule has 0 radical (unpaired) electrons. The fourth-order valence-electron chi connectivity index (χ4n) is 3.42. The van der Waals surface area contributed by atoms with E-state index < -0.39 is 11.5 Å². The van der Waals surface area contributed by atoms with E-state index in [4.69, 9.17) is 0 Å². The van der Waals surface area contributed by atoms with Crippen LogP contribution in [0, 0.1) is 0 Å². The van der Waals surface area contributed by atoms with Crippen molar-refractivity contribution in [3.8, 4) is 0 Å². The van der Waals surface area contributed by atoms with Gasteiger partial charge in [0.15, 0.2) is 0 Å². The highest BCUT2D eigenvalue weighted by Gasteiger charge is 2.46. The van der Waals surface area contributed by atoms with Crippen LogP contribution in [0.2, 0.25) is 0 Å². The lowest BCUT2D eigenvalue weighted by Gasteiger charge is -2.30. The molecule has 0 bridgehead atoms. The Kier molecular flexibility index (Phi) is 3.78. The Bertz CT molecular complexity index is 557. The summed E-state index contributed by atoms with van der Waals surface area (Å²) in [5, 5.41) is 9.45. The number of carbonyl (C=O) groups excluding carboxylic acids is 1. The number of carbonyl (C=O) groups is 2. The fourth-order valence-corrected chi connectivity index (χ4v) is 4.62. The molecule has 1 saturated heterocycles. The van der Waals surface area contributed by atoms with Crippen LogP contribution in [0.5, 0.6) is 0 Å². The normalized spacial score (nSPS) is 25.5. The quantitative estimate of drug-likeness (QED) is 0.854. The van der Waals surface area contributed by atoms with E-state index in [2.05, 4.69) is 0 Å². The number of carboxylic acid groups (broad SMARTS) is 1. The van der Waals surface area contributed by atoms with E-state index in [0.717, 1.165) is 24.1 Å². The van der Waals surface area contributed by atoms with Crippen molar-refractivity contribution in [3.63, 3.8) is 0 Å². The molecule has 4 nitrogen and oxygen atoms in total. The molecule has 5 heteroatoms. The lowest BCUT2D eigenvalue weighted by Crippen LogP contribution is -2.50. The maximum absolute atomic E-state index is 12.7. The first kappa shape index (κ1) is 14.6. The second-order valence-corrected chi connectivity index (χ2v) is 7.40. The molecule has 114 valence electrons. The third kappa shape index (κ3) is 2.48. The molecule has 2 aliphatic rings. The number of likely N-dealkylation sites (tertiary alicyclic amines) is 1. The van der Waals surface area contributed by atoms with Gasteiger partial charge in [-0.25, -0.2) is 4.79 Å². The monoisotopic (exact) mass is 307 g/mol. The summed E-state index contributed by atoms with van der Waals surface area (Å²) in [7, 11) is 0. The van der Waals surface area contributed by atoms with Crippen molar-refractivity contribution in [1.82, 2.24) is 4.90 Å². The van der Waals surface area contributed by atoms with Crippen LogP contribution in [-0.4, -0.2) is 34.0 Å². The largest absolute Gasteiger partial charge is 0.480 e. The van der Waals surface area contributed by atoms with Crippen LogP contribution < -0.4 is 0 Å². The van der Waals surface area contributed by atoms with Gasteiger partial charge in [-0.15, -0.1) is 11.3 Å². The maximum Gasteiger partial charge on any atom is 0.329 e. The number of aryl methyl sites for hydroxylation is 2. The van der Waals surface area contributed by atoms with Crippen molar-refractivity contribution < 1.29 is 14.7 Å². The zero-order valence-corrected chi connectivity index (χ0v) is 13.2. The van der Waals surface area contributed by atoms with E-state index >= 15 is 0 Å². The smallest absolute Gasteiger partial charge is 0.329 e. The molecule has 21 heavy (non-hydrogen) atoms. The molecule has 1 aliphatic heterocycles. The molecule has 1 atom stereocenters. The standard InChI is InChI=1S/C16H21NO3S/c1-16(15(19)20)8-5-9-17(16)14(18)13-10-11-6-3-2-4-7-12(11)21-13/h10H,2-9H2,1H3,(H,19,20). The Hall–Kier alpha value is -1.36. The third-order valence-corrected chi connectivity index (χ3v) is 6.03. The Morgan fingerprint density at radius 2 is 2.00 bits per heavy atom. The first-order chi connectivity index (χ1) is 10.0. The average molecular weight is 307 g/mol. The number of carboxylic acids is 1. The van der Waals surface area contributed by atoms with Crippen LogP contribution in [0.4, 0.5) is 0 Å². The van der Waals surface area contributed by atoms with Crippen LogP contribution in [0.15, 0.2) is 6.07 Å². The number of hydrogen-bond donors (Lipinski definition) is 1. The highest BCUT2D eigenvalue weighted by atomic mass is 32.1. The number of fused-ring (bicyclic) bond motifs is 1. The van der Waals surface area contributed by atoms with E-state index in [9.17, 15) is 14.7 Å². The van der Waals surface area contributed by atoms with Gasteiger partial charge in [0.25, 0.3) is 5.91 Å². The van der Waals surface area contributed by atoms with E-state index in [1.807, 2.05) is 6.07 Å². The molecular weight excluding hydrogens is 286 g/mol. The van der Waals surface area contributed by atoms with Crippen molar-refractivity contribution >= 4 is 23.2 Å². The summed E-state index contributed by atoms with van der Waals surface area (Å²) >= 11 is 1.57.